The van der Waals surface area contributed by atoms with Gasteiger partial charge in [-0.2, -0.15) is 0 Å². The molecule has 4 nitrogen and oxygen atoms in total. The smallest absolute Gasteiger partial charge is 0.317 e. The minimum absolute atomic E-state index is 0.165. The largest absolute Gasteiger partial charge is 0.335 e. The number of carbonyl (C=O) groups is 1. The van der Waals surface area contributed by atoms with E-state index in [4.69, 9.17) is 0 Å². The van der Waals surface area contributed by atoms with E-state index in [1.807, 2.05) is 4.90 Å². The number of nitrogens with one attached hydrogen (secondary N) is 1. The van der Waals surface area contributed by atoms with Crippen molar-refractivity contribution in [2.45, 2.75) is 58.0 Å². The van der Waals surface area contributed by atoms with E-state index < -0.39 is 0 Å². The topological polar surface area (TPSA) is 35.6 Å². The predicted molar refractivity (Wildman–Crippen MR) is 73.7 cm³/mol. The number of carbonyl (C=O) groups excluding carboxylic acids is 1. The molecular weight excluding hydrogens is 226 g/mol. The quantitative estimate of drug-likeness (QED) is 0.817. The molecule has 0 aromatic rings. The second-order valence-corrected chi connectivity index (χ2v) is 5.90. The molecular formula is C14H27N3O. The van der Waals surface area contributed by atoms with Gasteiger partial charge in [0.2, 0.25) is 0 Å². The molecule has 1 N–H and O–H groups in total. The van der Waals surface area contributed by atoms with Crippen LogP contribution in [0.15, 0.2) is 0 Å². The molecule has 2 aliphatic rings. The molecule has 2 aliphatic heterocycles. The molecule has 2 fully saturated rings. The van der Waals surface area contributed by atoms with Crippen molar-refractivity contribution < 1.29 is 4.79 Å². The van der Waals surface area contributed by atoms with E-state index in [1.165, 1.54) is 19.3 Å². The number of piperidine rings is 2. The summed E-state index contributed by atoms with van der Waals surface area (Å²) in [5, 5.41) is 3.21. The van der Waals surface area contributed by atoms with Gasteiger partial charge in [0, 0.05) is 38.3 Å². The van der Waals surface area contributed by atoms with Crippen molar-refractivity contribution in [3.05, 3.63) is 0 Å². The van der Waals surface area contributed by atoms with Gasteiger partial charge in [-0.1, -0.05) is 0 Å². The van der Waals surface area contributed by atoms with Crippen molar-refractivity contribution in [1.29, 1.82) is 0 Å². The van der Waals surface area contributed by atoms with Gasteiger partial charge >= 0.3 is 6.03 Å². The van der Waals surface area contributed by atoms with Crippen LogP contribution in [0, 0.1) is 0 Å². The van der Waals surface area contributed by atoms with Gasteiger partial charge in [0.15, 0.2) is 0 Å². The van der Waals surface area contributed by atoms with E-state index in [0.717, 1.165) is 39.0 Å². The average molecular weight is 253 g/mol. The summed E-state index contributed by atoms with van der Waals surface area (Å²) < 4.78 is 0. The summed E-state index contributed by atoms with van der Waals surface area (Å²) in [6.45, 7) is 8.60. The highest BCUT2D eigenvalue weighted by atomic mass is 16.2. The Labute approximate surface area is 111 Å². The standard InChI is InChI=1S/C14H27N3O/c1-12(2)16-10-6-13(7-11-16)15-14(18)17-8-4-3-5-9-17/h12-13H,3-11H2,1-2H3,(H,15,18). The summed E-state index contributed by atoms with van der Waals surface area (Å²) in [5.74, 6) is 0. The van der Waals surface area contributed by atoms with E-state index in [9.17, 15) is 4.79 Å². The fraction of sp³-hybridized carbons (Fsp3) is 0.929. The Morgan fingerprint density at radius 1 is 1.06 bits per heavy atom. The lowest BCUT2D eigenvalue weighted by atomic mass is 10.0. The molecule has 4 heteroatoms. The van der Waals surface area contributed by atoms with Crippen LogP contribution < -0.4 is 5.32 Å². The van der Waals surface area contributed by atoms with Crippen LogP contribution in [0.2, 0.25) is 0 Å². The molecule has 0 aromatic heterocycles. The summed E-state index contributed by atoms with van der Waals surface area (Å²) in [7, 11) is 0. The molecule has 2 heterocycles. The first-order valence-corrected chi connectivity index (χ1v) is 7.46. The Kier molecular flexibility index (Phi) is 4.87. The Bertz CT molecular complexity index is 266. The first-order valence-electron chi connectivity index (χ1n) is 7.46. The fourth-order valence-electron chi connectivity index (χ4n) is 2.92. The monoisotopic (exact) mass is 253 g/mol. The molecule has 0 saturated carbocycles. The van der Waals surface area contributed by atoms with Crippen LogP contribution in [-0.2, 0) is 0 Å². The molecule has 2 rings (SSSR count). The Morgan fingerprint density at radius 3 is 2.22 bits per heavy atom. The van der Waals surface area contributed by atoms with Gasteiger partial charge < -0.3 is 15.1 Å². The van der Waals surface area contributed by atoms with Crippen molar-refractivity contribution in [3.8, 4) is 0 Å². The van der Waals surface area contributed by atoms with Crippen molar-refractivity contribution in [3.63, 3.8) is 0 Å². The minimum atomic E-state index is 0.165. The fourth-order valence-corrected chi connectivity index (χ4v) is 2.92. The molecule has 18 heavy (non-hydrogen) atoms. The number of nitrogens with zero attached hydrogens (tertiary/aromatic N) is 2. The summed E-state index contributed by atoms with van der Waals surface area (Å²) in [6, 6.07) is 1.18. The molecule has 0 radical (unpaired) electrons. The van der Waals surface area contributed by atoms with Crippen LogP contribution in [0.4, 0.5) is 4.79 Å². The van der Waals surface area contributed by atoms with E-state index in [1.54, 1.807) is 0 Å². The van der Waals surface area contributed by atoms with Crippen LogP contribution >= 0.6 is 0 Å². The van der Waals surface area contributed by atoms with Crippen LogP contribution in [0.5, 0.6) is 0 Å². The summed E-state index contributed by atoms with van der Waals surface area (Å²) in [6.07, 6.45) is 5.80. The molecule has 104 valence electrons. The van der Waals surface area contributed by atoms with Gasteiger partial charge in [0.1, 0.15) is 0 Å². The number of hydrogen-bond donors (Lipinski definition) is 1. The van der Waals surface area contributed by atoms with Gasteiger partial charge in [-0.25, -0.2) is 4.79 Å². The lowest BCUT2D eigenvalue weighted by Gasteiger charge is -2.36. The normalized spacial score (nSPS) is 23.4. The molecule has 0 aliphatic carbocycles. The van der Waals surface area contributed by atoms with Crippen LogP contribution in [-0.4, -0.2) is 54.1 Å². The summed E-state index contributed by atoms with van der Waals surface area (Å²) in [5.41, 5.74) is 0. The minimum Gasteiger partial charge on any atom is -0.335 e. The van der Waals surface area contributed by atoms with Crippen LogP contribution in [0.3, 0.4) is 0 Å². The van der Waals surface area contributed by atoms with Crippen molar-refractivity contribution in [2.75, 3.05) is 26.2 Å². The highest BCUT2D eigenvalue weighted by molar-refractivity contribution is 5.74. The van der Waals surface area contributed by atoms with E-state index in [0.29, 0.717) is 12.1 Å². The number of urea groups is 1. The average Bonchev–Trinajstić information content (AvgIpc) is 2.40. The molecule has 2 saturated heterocycles. The molecule has 0 atom stereocenters. The van der Waals surface area contributed by atoms with Gasteiger partial charge in [0.05, 0.1) is 0 Å². The lowest BCUT2D eigenvalue weighted by molar-refractivity contribution is 0.149. The zero-order valence-electron chi connectivity index (χ0n) is 11.8. The van der Waals surface area contributed by atoms with E-state index in [-0.39, 0.29) is 6.03 Å². The van der Waals surface area contributed by atoms with Crippen molar-refractivity contribution >= 4 is 6.03 Å². The second-order valence-electron chi connectivity index (χ2n) is 5.90. The second kappa shape index (κ2) is 6.41. The molecule has 0 spiro atoms. The first kappa shape index (κ1) is 13.7. The maximum absolute atomic E-state index is 12.1. The first-order chi connectivity index (χ1) is 8.66. The molecule has 0 bridgehead atoms. The zero-order chi connectivity index (χ0) is 13.0. The zero-order valence-corrected chi connectivity index (χ0v) is 11.8. The van der Waals surface area contributed by atoms with Crippen LogP contribution in [0.25, 0.3) is 0 Å². The van der Waals surface area contributed by atoms with Gasteiger partial charge in [-0.05, 0) is 46.0 Å². The van der Waals surface area contributed by atoms with Crippen LogP contribution in [0.1, 0.15) is 46.0 Å². The molecule has 2 amide bonds. The number of hydrogen-bond acceptors (Lipinski definition) is 2. The highest BCUT2D eigenvalue weighted by Crippen LogP contribution is 2.14. The van der Waals surface area contributed by atoms with E-state index >= 15 is 0 Å². The molecule has 0 aromatic carbocycles. The Hall–Kier alpha value is -0.770. The van der Waals surface area contributed by atoms with E-state index in [2.05, 4.69) is 24.1 Å². The maximum atomic E-state index is 12.1. The molecule has 0 unspecified atom stereocenters. The Balaban J connectivity index is 1.72. The predicted octanol–water partition coefficient (Wildman–Crippen LogP) is 2.05. The summed E-state index contributed by atoms with van der Waals surface area (Å²) in [4.78, 5) is 16.6. The third-order valence-corrected chi connectivity index (χ3v) is 4.23. The SMILES string of the molecule is CC(C)N1CCC(NC(=O)N2CCCCC2)CC1. The van der Waals surface area contributed by atoms with Gasteiger partial charge in [0.25, 0.3) is 0 Å². The highest BCUT2D eigenvalue weighted by Gasteiger charge is 2.24. The van der Waals surface area contributed by atoms with Crippen molar-refractivity contribution in [2.24, 2.45) is 0 Å². The third-order valence-electron chi connectivity index (χ3n) is 4.23. The number of amides is 2. The maximum Gasteiger partial charge on any atom is 0.317 e. The van der Waals surface area contributed by atoms with Crippen molar-refractivity contribution in [1.82, 2.24) is 15.1 Å². The Morgan fingerprint density at radius 2 is 1.67 bits per heavy atom. The van der Waals surface area contributed by atoms with Gasteiger partial charge in [-0.3, -0.25) is 0 Å². The summed E-state index contributed by atoms with van der Waals surface area (Å²) >= 11 is 0. The third kappa shape index (κ3) is 3.61. The van der Waals surface area contributed by atoms with Gasteiger partial charge in [-0.15, -0.1) is 0 Å². The number of rotatable bonds is 2. The lowest BCUT2D eigenvalue weighted by Crippen LogP contribution is -2.51. The number of likely N-dealkylation sites (tertiary alicyclic amines) is 2.